The van der Waals surface area contributed by atoms with Crippen LogP contribution in [0.2, 0.25) is 0 Å². The molecule has 0 atom stereocenters. The molecule has 27 heavy (non-hydrogen) atoms. The zero-order valence-electron chi connectivity index (χ0n) is 14.1. The second-order valence-corrected chi connectivity index (χ2v) is 8.50. The summed E-state index contributed by atoms with van der Waals surface area (Å²) in [5.74, 6) is -1.22. The largest absolute Gasteiger partial charge is 0.477 e. The maximum Gasteiger partial charge on any atom is 0.348 e. The number of hydrogen-bond donors (Lipinski definition) is 2. The maximum atomic E-state index is 12.6. The van der Waals surface area contributed by atoms with Gasteiger partial charge in [-0.1, -0.05) is 29.8 Å². The van der Waals surface area contributed by atoms with Gasteiger partial charge in [-0.25, -0.2) is 13.2 Å². The number of benzene rings is 2. The van der Waals surface area contributed by atoms with E-state index >= 15 is 0 Å². The van der Waals surface area contributed by atoms with E-state index in [1.54, 1.807) is 36.4 Å². The van der Waals surface area contributed by atoms with Gasteiger partial charge in [0.15, 0.2) is 0 Å². The number of nitriles is 1. The number of rotatable bonds is 5. The van der Waals surface area contributed by atoms with E-state index in [9.17, 15) is 18.3 Å². The van der Waals surface area contributed by atoms with E-state index in [-0.39, 0.29) is 15.5 Å². The lowest BCUT2D eigenvalue weighted by Crippen LogP contribution is -2.14. The first-order valence-corrected chi connectivity index (χ1v) is 10.1. The molecule has 2 N–H and O–H groups in total. The normalized spacial score (nSPS) is 11.0. The Bertz CT molecular complexity index is 1140. The van der Waals surface area contributed by atoms with Crippen LogP contribution in [0, 0.1) is 18.3 Å². The van der Waals surface area contributed by atoms with Gasteiger partial charge in [-0.3, -0.25) is 4.72 Å². The molecule has 8 heteroatoms. The number of thiophene rings is 1. The van der Waals surface area contributed by atoms with E-state index in [1.807, 2.05) is 13.0 Å². The minimum atomic E-state index is -3.92. The van der Waals surface area contributed by atoms with Crippen molar-refractivity contribution < 1.29 is 18.3 Å². The second kappa shape index (κ2) is 7.23. The molecule has 0 aliphatic carbocycles. The Hall–Kier alpha value is -3.15. The predicted octanol–water partition coefficient (Wildman–Crippen LogP) is 4.09. The first-order chi connectivity index (χ1) is 12.8. The van der Waals surface area contributed by atoms with Crippen molar-refractivity contribution in [3.05, 3.63) is 70.6 Å². The SMILES string of the molecule is Cc1ccc(S(=O)(=O)Nc2cc(-c3ccc(C#N)cc3)sc2C(=O)O)cc1. The van der Waals surface area contributed by atoms with Crippen LogP contribution in [-0.4, -0.2) is 19.5 Å². The van der Waals surface area contributed by atoms with Crippen molar-refractivity contribution in [1.29, 1.82) is 5.26 Å². The highest BCUT2D eigenvalue weighted by Gasteiger charge is 2.22. The fourth-order valence-corrected chi connectivity index (χ4v) is 4.48. The van der Waals surface area contributed by atoms with Gasteiger partial charge in [-0.05, 0) is 42.8 Å². The average Bonchev–Trinajstić information content (AvgIpc) is 3.05. The van der Waals surface area contributed by atoms with Gasteiger partial charge in [0.2, 0.25) is 0 Å². The van der Waals surface area contributed by atoms with Gasteiger partial charge < -0.3 is 5.11 Å². The molecule has 0 aliphatic rings. The van der Waals surface area contributed by atoms with Crippen molar-refractivity contribution in [1.82, 2.24) is 0 Å². The van der Waals surface area contributed by atoms with Gasteiger partial charge >= 0.3 is 5.97 Å². The molecule has 0 saturated heterocycles. The van der Waals surface area contributed by atoms with Crippen LogP contribution in [-0.2, 0) is 10.0 Å². The number of nitrogens with zero attached hydrogens (tertiary/aromatic N) is 1. The third-order valence-corrected chi connectivity index (χ3v) is 6.35. The molecule has 3 rings (SSSR count). The Morgan fingerprint density at radius 1 is 1.11 bits per heavy atom. The van der Waals surface area contributed by atoms with Gasteiger partial charge in [0.05, 0.1) is 22.2 Å². The number of nitrogens with one attached hydrogen (secondary N) is 1. The first kappa shape index (κ1) is 18.6. The lowest BCUT2D eigenvalue weighted by molar-refractivity contribution is 0.0703. The Kier molecular flexibility index (Phi) is 4.99. The number of aromatic carboxylic acids is 1. The quantitative estimate of drug-likeness (QED) is 0.673. The maximum absolute atomic E-state index is 12.6. The first-order valence-electron chi connectivity index (χ1n) is 7.77. The van der Waals surface area contributed by atoms with Crippen LogP contribution < -0.4 is 4.72 Å². The van der Waals surface area contributed by atoms with Crippen LogP contribution in [0.25, 0.3) is 10.4 Å². The van der Waals surface area contributed by atoms with Crippen molar-refractivity contribution in [2.24, 2.45) is 0 Å². The molecule has 0 saturated carbocycles. The van der Waals surface area contributed by atoms with Crippen LogP contribution >= 0.6 is 11.3 Å². The van der Waals surface area contributed by atoms with E-state index < -0.39 is 16.0 Å². The summed E-state index contributed by atoms with van der Waals surface area (Å²) in [4.78, 5) is 12.1. The highest BCUT2D eigenvalue weighted by Crippen LogP contribution is 2.36. The number of carboxylic acid groups (broad SMARTS) is 1. The van der Waals surface area contributed by atoms with Crippen LogP contribution in [0.1, 0.15) is 20.8 Å². The highest BCUT2D eigenvalue weighted by atomic mass is 32.2. The molecule has 0 spiro atoms. The lowest BCUT2D eigenvalue weighted by Gasteiger charge is -2.07. The Balaban J connectivity index is 1.99. The summed E-state index contributed by atoms with van der Waals surface area (Å²) < 4.78 is 27.5. The summed E-state index contributed by atoms with van der Waals surface area (Å²) in [6.07, 6.45) is 0. The number of carboxylic acids is 1. The zero-order chi connectivity index (χ0) is 19.6. The van der Waals surface area contributed by atoms with Crippen molar-refractivity contribution in [2.45, 2.75) is 11.8 Å². The predicted molar refractivity (Wildman–Crippen MR) is 103 cm³/mol. The Morgan fingerprint density at radius 2 is 1.74 bits per heavy atom. The van der Waals surface area contributed by atoms with E-state index in [2.05, 4.69) is 4.72 Å². The standard InChI is InChI=1S/C19H14N2O4S2/c1-12-2-8-15(9-3-12)27(24,25)21-16-10-17(26-18(16)19(22)23)14-6-4-13(11-20)5-7-14/h2-10,21H,1H3,(H,22,23). The van der Waals surface area contributed by atoms with Crippen molar-refractivity contribution >= 4 is 33.0 Å². The Labute approximate surface area is 160 Å². The van der Waals surface area contributed by atoms with Gasteiger partial charge in [0, 0.05) is 4.88 Å². The monoisotopic (exact) mass is 398 g/mol. The van der Waals surface area contributed by atoms with Gasteiger partial charge in [0.1, 0.15) is 4.88 Å². The molecule has 0 unspecified atom stereocenters. The third-order valence-electron chi connectivity index (χ3n) is 3.80. The molecule has 2 aromatic carbocycles. The van der Waals surface area contributed by atoms with E-state index in [0.29, 0.717) is 16.0 Å². The molecule has 0 fully saturated rings. The minimum Gasteiger partial charge on any atom is -0.477 e. The number of anilines is 1. The summed E-state index contributed by atoms with van der Waals surface area (Å²) in [5.41, 5.74) is 2.10. The molecular weight excluding hydrogens is 384 g/mol. The third kappa shape index (κ3) is 4.00. The molecule has 0 amide bonds. The fraction of sp³-hybridized carbons (Fsp3) is 0.0526. The number of carbonyl (C=O) groups is 1. The van der Waals surface area contributed by atoms with Gasteiger partial charge in [0.25, 0.3) is 10.0 Å². The van der Waals surface area contributed by atoms with Crippen molar-refractivity contribution in [3.63, 3.8) is 0 Å². The molecule has 136 valence electrons. The van der Waals surface area contributed by atoms with E-state index in [4.69, 9.17) is 5.26 Å². The summed E-state index contributed by atoms with van der Waals surface area (Å²) in [6, 6.07) is 16.4. The van der Waals surface area contributed by atoms with Crippen LogP contribution in [0.5, 0.6) is 0 Å². The van der Waals surface area contributed by atoms with Crippen molar-refractivity contribution in [2.75, 3.05) is 4.72 Å². The zero-order valence-corrected chi connectivity index (χ0v) is 15.8. The molecule has 3 aromatic rings. The highest BCUT2D eigenvalue weighted by molar-refractivity contribution is 7.92. The summed E-state index contributed by atoms with van der Waals surface area (Å²) >= 11 is 0.963. The smallest absolute Gasteiger partial charge is 0.348 e. The summed E-state index contributed by atoms with van der Waals surface area (Å²) in [5, 5.41) is 18.3. The lowest BCUT2D eigenvalue weighted by atomic mass is 10.1. The van der Waals surface area contributed by atoms with Crippen LogP contribution in [0.3, 0.4) is 0 Å². The summed E-state index contributed by atoms with van der Waals surface area (Å²) in [7, 11) is -3.92. The minimum absolute atomic E-state index is 0.00688. The number of aryl methyl sites for hydroxylation is 1. The molecule has 0 radical (unpaired) electrons. The molecular formula is C19H14N2O4S2. The van der Waals surface area contributed by atoms with Gasteiger partial charge in [-0.15, -0.1) is 11.3 Å². The molecule has 1 heterocycles. The molecule has 0 aliphatic heterocycles. The van der Waals surface area contributed by atoms with E-state index in [1.165, 1.54) is 18.2 Å². The van der Waals surface area contributed by atoms with E-state index in [0.717, 1.165) is 16.9 Å². The molecule has 1 aromatic heterocycles. The van der Waals surface area contributed by atoms with Crippen molar-refractivity contribution in [3.8, 4) is 16.5 Å². The second-order valence-electron chi connectivity index (χ2n) is 5.77. The Morgan fingerprint density at radius 3 is 2.30 bits per heavy atom. The number of hydrogen-bond acceptors (Lipinski definition) is 5. The number of sulfonamides is 1. The topological polar surface area (TPSA) is 107 Å². The van der Waals surface area contributed by atoms with Gasteiger partial charge in [-0.2, -0.15) is 5.26 Å². The average molecular weight is 398 g/mol. The fourth-order valence-electron chi connectivity index (χ4n) is 2.40. The van der Waals surface area contributed by atoms with Crippen LogP contribution in [0.4, 0.5) is 5.69 Å². The molecule has 0 bridgehead atoms. The van der Waals surface area contributed by atoms with Crippen LogP contribution in [0.15, 0.2) is 59.5 Å². The summed E-state index contributed by atoms with van der Waals surface area (Å²) in [6.45, 7) is 1.84. The molecule has 6 nitrogen and oxygen atoms in total.